The molecule has 0 heterocycles. The maximum Gasteiger partial charge on any atom is -0.0269 e. The van der Waals surface area contributed by atoms with E-state index in [1.165, 1.54) is 32.1 Å². The standard InChI is InChI=1S/C19H34/c1-5-14(2)6-9-18(3)10-7-15-12-17(15)16-8-11-19(18,4)13-16/h14-17H,5-13H2,1-4H3. The van der Waals surface area contributed by atoms with Crippen molar-refractivity contribution in [3.63, 3.8) is 0 Å². The lowest BCUT2D eigenvalue weighted by Crippen LogP contribution is -2.37. The van der Waals surface area contributed by atoms with Crippen molar-refractivity contribution in [1.29, 1.82) is 0 Å². The van der Waals surface area contributed by atoms with Crippen LogP contribution in [0, 0.1) is 34.5 Å². The number of hydrogen-bond acceptors (Lipinski definition) is 0. The summed E-state index contributed by atoms with van der Waals surface area (Å²) in [6.45, 7) is 10.1. The first-order valence-electron chi connectivity index (χ1n) is 8.97. The molecule has 0 spiro atoms. The van der Waals surface area contributed by atoms with Gasteiger partial charge in [-0.1, -0.05) is 40.5 Å². The third-order valence-electron chi connectivity index (χ3n) is 7.77. The molecular formula is C19H34. The fraction of sp³-hybridized carbons (Fsp3) is 1.00. The second kappa shape index (κ2) is 4.78. The van der Waals surface area contributed by atoms with E-state index in [0.717, 1.165) is 23.7 Å². The Morgan fingerprint density at radius 1 is 1.11 bits per heavy atom. The van der Waals surface area contributed by atoms with Crippen LogP contribution in [0.4, 0.5) is 0 Å². The summed E-state index contributed by atoms with van der Waals surface area (Å²) < 4.78 is 0. The molecule has 0 aromatic heterocycles. The molecule has 19 heavy (non-hydrogen) atoms. The van der Waals surface area contributed by atoms with Gasteiger partial charge in [0.2, 0.25) is 0 Å². The minimum absolute atomic E-state index is 0.638. The molecular weight excluding hydrogens is 228 g/mol. The van der Waals surface area contributed by atoms with Crippen LogP contribution < -0.4 is 0 Å². The molecule has 6 atom stereocenters. The van der Waals surface area contributed by atoms with Gasteiger partial charge in [0.15, 0.2) is 0 Å². The van der Waals surface area contributed by atoms with Gasteiger partial charge < -0.3 is 0 Å². The summed E-state index contributed by atoms with van der Waals surface area (Å²) in [5.74, 6) is 4.33. The topological polar surface area (TPSA) is 0 Å². The normalized spacial score (nSPS) is 50.2. The highest BCUT2D eigenvalue weighted by atomic mass is 14.6. The first-order chi connectivity index (χ1) is 8.97. The summed E-state index contributed by atoms with van der Waals surface area (Å²) in [5.41, 5.74) is 1.30. The average molecular weight is 262 g/mol. The Hall–Kier alpha value is 0. The van der Waals surface area contributed by atoms with Crippen LogP contribution in [0.5, 0.6) is 0 Å². The summed E-state index contributed by atoms with van der Waals surface area (Å²) >= 11 is 0. The van der Waals surface area contributed by atoms with Crippen LogP contribution in [0.15, 0.2) is 0 Å². The fourth-order valence-electron chi connectivity index (χ4n) is 5.38. The predicted molar refractivity (Wildman–Crippen MR) is 83.1 cm³/mol. The Morgan fingerprint density at radius 3 is 2.58 bits per heavy atom. The Bertz CT molecular complexity index is 333. The van der Waals surface area contributed by atoms with Crippen LogP contribution in [0.25, 0.3) is 0 Å². The van der Waals surface area contributed by atoms with E-state index in [4.69, 9.17) is 0 Å². The Morgan fingerprint density at radius 2 is 1.84 bits per heavy atom. The number of fused-ring (bicyclic) bond motifs is 4. The molecule has 3 rings (SSSR count). The highest BCUT2D eigenvalue weighted by Crippen LogP contribution is 2.66. The fourth-order valence-corrected chi connectivity index (χ4v) is 5.38. The van der Waals surface area contributed by atoms with Gasteiger partial charge in [0.1, 0.15) is 0 Å². The molecule has 3 aliphatic rings. The smallest absolute Gasteiger partial charge is 0.0269 e. The van der Waals surface area contributed by atoms with E-state index in [1.54, 1.807) is 25.7 Å². The largest absolute Gasteiger partial charge is 0.0651 e. The van der Waals surface area contributed by atoms with Gasteiger partial charge in [-0.3, -0.25) is 0 Å². The van der Waals surface area contributed by atoms with Gasteiger partial charge in [-0.05, 0) is 79.4 Å². The molecule has 110 valence electrons. The molecule has 6 unspecified atom stereocenters. The molecule has 0 radical (unpaired) electrons. The zero-order valence-corrected chi connectivity index (χ0v) is 13.7. The first-order valence-corrected chi connectivity index (χ1v) is 8.97. The highest BCUT2D eigenvalue weighted by Gasteiger charge is 2.56. The van der Waals surface area contributed by atoms with E-state index < -0.39 is 0 Å². The third kappa shape index (κ3) is 2.38. The summed E-state index contributed by atoms with van der Waals surface area (Å²) in [6.07, 6.45) is 13.6. The van der Waals surface area contributed by atoms with Crippen LogP contribution in [-0.2, 0) is 0 Å². The van der Waals surface area contributed by atoms with E-state index in [9.17, 15) is 0 Å². The van der Waals surface area contributed by atoms with Crippen LogP contribution >= 0.6 is 0 Å². The third-order valence-corrected chi connectivity index (χ3v) is 7.77. The van der Waals surface area contributed by atoms with Crippen molar-refractivity contribution in [1.82, 2.24) is 0 Å². The zero-order valence-electron chi connectivity index (χ0n) is 13.7. The van der Waals surface area contributed by atoms with Crippen molar-refractivity contribution in [2.45, 2.75) is 85.5 Å². The van der Waals surface area contributed by atoms with Crippen LogP contribution in [0.1, 0.15) is 85.5 Å². The average Bonchev–Trinajstić information content (AvgIpc) is 3.06. The van der Waals surface area contributed by atoms with Crippen molar-refractivity contribution in [2.24, 2.45) is 34.5 Å². The van der Waals surface area contributed by atoms with Gasteiger partial charge in [0.05, 0.1) is 0 Å². The lowest BCUT2D eigenvalue weighted by molar-refractivity contribution is 0.0334. The molecule has 2 bridgehead atoms. The van der Waals surface area contributed by atoms with E-state index in [-0.39, 0.29) is 0 Å². The SMILES string of the molecule is CCC(C)CCC1(C)CCC2CC2C2CCC1(C)C2. The maximum atomic E-state index is 2.65. The van der Waals surface area contributed by atoms with E-state index >= 15 is 0 Å². The Balaban J connectivity index is 1.73. The van der Waals surface area contributed by atoms with Crippen molar-refractivity contribution in [3.8, 4) is 0 Å². The number of rotatable bonds is 4. The lowest BCUT2D eigenvalue weighted by Gasteiger charge is -2.47. The molecule has 0 saturated heterocycles. The Kier molecular flexibility index (Phi) is 3.51. The minimum Gasteiger partial charge on any atom is -0.0651 e. The molecule has 0 heteroatoms. The van der Waals surface area contributed by atoms with Gasteiger partial charge >= 0.3 is 0 Å². The molecule has 0 N–H and O–H groups in total. The summed E-state index contributed by atoms with van der Waals surface area (Å²) in [6, 6.07) is 0. The Labute approximate surface area is 120 Å². The molecule has 0 amide bonds. The van der Waals surface area contributed by atoms with E-state index in [2.05, 4.69) is 27.7 Å². The van der Waals surface area contributed by atoms with E-state index in [1.807, 2.05) is 0 Å². The summed E-state index contributed by atoms with van der Waals surface area (Å²) in [4.78, 5) is 0. The molecule has 0 aromatic rings. The minimum atomic E-state index is 0.638. The van der Waals surface area contributed by atoms with Crippen molar-refractivity contribution in [2.75, 3.05) is 0 Å². The van der Waals surface area contributed by atoms with Crippen molar-refractivity contribution >= 4 is 0 Å². The lowest BCUT2D eigenvalue weighted by atomic mass is 9.58. The predicted octanol–water partition coefficient (Wildman–Crippen LogP) is 6.06. The molecule has 3 fully saturated rings. The van der Waals surface area contributed by atoms with Crippen LogP contribution in [-0.4, -0.2) is 0 Å². The van der Waals surface area contributed by atoms with Gasteiger partial charge in [0.25, 0.3) is 0 Å². The van der Waals surface area contributed by atoms with Gasteiger partial charge in [-0.15, -0.1) is 0 Å². The molecule has 0 nitrogen and oxygen atoms in total. The van der Waals surface area contributed by atoms with Gasteiger partial charge in [0, 0.05) is 0 Å². The van der Waals surface area contributed by atoms with Crippen molar-refractivity contribution in [3.05, 3.63) is 0 Å². The van der Waals surface area contributed by atoms with E-state index in [0.29, 0.717) is 10.8 Å². The maximum absolute atomic E-state index is 2.65. The van der Waals surface area contributed by atoms with Gasteiger partial charge in [-0.25, -0.2) is 0 Å². The first kappa shape index (κ1) is 14.0. The molecule has 0 aromatic carbocycles. The molecule has 3 saturated carbocycles. The summed E-state index contributed by atoms with van der Waals surface area (Å²) in [5, 5.41) is 0. The molecule has 0 aliphatic heterocycles. The van der Waals surface area contributed by atoms with Crippen LogP contribution in [0.3, 0.4) is 0 Å². The summed E-state index contributed by atoms with van der Waals surface area (Å²) in [7, 11) is 0. The second-order valence-electron chi connectivity index (χ2n) is 8.87. The zero-order chi connectivity index (χ0) is 13.7. The van der Waals surface area contributed by atoms with Crippen molar-refractivity contribution < 1.29 is 0 Å². The number of hydrogen-bond donors (Lipinski definition) is 0. The highest BCUT2D eigenvalue weighted by molar-refractivity contribution is 5.06. The van der Waals surface area contributed by atoms with Crippen LogP contribution in [0.2, 0.25) is 0 Å². The van der Waals surface area contributed by atoms with Gasteiger partial charge in [-0.2, -0.15) is 0 Å². The quantitative estimate of drug-likeness (QED) is 0.578. The second-order valence-corrected chi connectivity index (χ2v) is 8.87. The monoisotopic (exact) mass is 262 g/mol. The molecule has 3 aliphatic carbocycles.